The van der Waals surface area contributed by atoms with E-state index in [2.05, 4.69) is 20.8 Å². The van der Waals surface area contributed by atoms with Gasteiger partial charge in [-0.2, -0.15) is 4.31 Å². The van der Waals surface area contributed by atoms with Crippen molar-refractivity contribution in [2.75, 3.05) is 37.4 Å². The zero-order valence-electron chi connectivity index (χ0n) is 15.0. The highest BCUT2D eigenvalue weighted by Crippen LogP contribution is 2.36. The standard InChI is InChI=1S/C16H20N6O4S2/c23-15(11-27-16-18-19-20-22(16)13-3-4-13)17-12-1-5-14(6-2-12)28(24,25)21-7-9-26-10-8-21/h1-2,5-6,13H,3-4,7-11H2,(H,17,23). The van der Waals surface area contributed by atoms with Crippen LogP contribution in [0.5, 0.6) is 0 Å². The minimum Gasteiger partial charge on any atom is -0.379 e. The summed E-state index contributed by atoms with van der Waals surface area (Å²) in [6, 6.07) is 6.53. The van der Waals surface area contributed by atoms with Crippen molar-refractivity contribution in [2.45, 2.75) is 28.9 Å². The van der Waals surface area contributed by atoms with Crippen LogP contribution in [0.1, 0.15) is 18.9 Å². The summed E-state index contributed by atoms with van der Waals surface area (Å²) in [7, 11) is -3.54. The maximum absolute atomic E-state index is 12.6. The van der Waals surface area contributed by atoms with Crippen LogP contribution in [0, 0.1) is 0 Å². The normalized spacial score (nSPS) is 18.1. The van der Waals surface area contributed by atoms with Gasteiger partial charge >= 0.3 is 0 Å². The average molecular weight is 425 g/mol. The van der Waals surface area contributed by atoms with E-state index in [4.69, 9.17) is 4.74 Å². The average Bonchev–Trinajstić information content (AvgIpc) is 3.45. The third kappa shape index (κ3) is 4.35. The van der Waals surface area contributed by atoms with Crippen molar-refractivity contribution in [1.82, 2.24) is 24.5 Å². The number of nitrogens with one attached hydrogen (secondary N) is 1. The minimum atomic E-state index is -3.54. The lowest BCUT2D eigenvalue weighted by Crippen LogP contribution is -2.40. The zero-order valence-corrected chi connectivity index (χ0v) is 16.7. The van der Waals surface area contributed by atoms with Gasteiger partial charge in [0, 0.05) is 18.8 Å². The van der Waals surface area contributed by atoms with Crippen molar-refractivity contribution in [3.05, 3.63) is 24.3 Å². The molecule has 2 heterocycles. The van der Waals surface area contributed by atoms with E-state index in [0.29, 0.717) is 43.2 Å². The minimum absolute atomic E-state index is 0.168. The van der Waals surface area contributed by atoms with Crippen LogP contribution in [-0.2, 0) is 19.6 Å². The van der Waals surface area contributed by atoms with Crippen molar-refractivity contribution in [2.24, 2.45) is 0 Å². The lowest BCUT2D eigenvalue weighted by atomic mass is 10.3. The number of rotatable bonds is 7. The predicted molar refractivity (Wildman–Crippen MR) is 101 cm³/mol. The van der Waals surface area contributed by atoms with Gasteiger partial charge in [0.05, 0.1) is 29.9 Å². The fourth-order valence-corrected chi connectivity index (χ4v) is 4.95. The molecule has 1 aliphatic heterocycles. The number of amides is 1. The molecule has 0 spiro atoms. The molecule has 2 aliphatic rings. The number of hydrogen-bond acceptors (Lipinski definition) is 8. The number of anilines is 1. The Kier molecular flexibility index (Phi) is 5.62. The smallest absolute Gasteiger partial charge is 0.243 e. The van der Waals surface area contributed by atoms with Crippen LogP contribution in [0.25, 0.3) is 0 Å². The van der Waals surface area contributed by atoms with Crippen LogP contribution < -0.4 is 5.32 Å². The summed E-state index contributed by atoms with van der Waals surface area (Å²) in [5.74, 6) is -0.0416. The van der Waals surface area contributed by atoms with E-state index in [0.717, 1.165) is 12.8 Å². The summed E-state index contributed by atoms with van der Waals surface area (Å²) in [5, 5.41) is 14.9. The van der Waals surface area contributed by atoms with Crippen LogP contribution in [0.3, 0.4) is 0 Å². The number of sulfonamides is 1. The highest BCUT2D eigenvalue weighted by atomic mass is 32.2. The van der Waals surface area contributed by atoms with Gasteiger partial charge in [0.15, 0.2) is 0 Å². The van der Waals surface area contributed by atoms with E-state index in [1.54, 1.807) is 16.8 Å². The summed E-state index contributed by atoms with van der Waals surface area (Å²) >= 11 is 1.28. The second-order valence-electron chi connectivity index (χ2n) is 6.51. The third-order valence-corrected chi connectivity index (χ3v) is 7.28. The number of carbonyl (C=O) groups is 1. The van der Waals surface area contributed by atoms with E-state index in [-0.39, 0.29) is 16.6 Å². The molecule has 10 nitrogen and oxygen atoms in total. The second-order valence-corrected chi connectivity index (χ2v) is 9.40. The first-order chi connectivity index (χ1) is 13.5. The monoisotopic (exact) mass is 424 g/mol. The van der Waals surface area contributed by atoms with E-state index in [1.165, 1.54) is 28.2 Å². The number of hydrogen-bond donors (Lipinski definition) is 1. The number of nitrogens with zero attached hydrogens (tertiary/aromatic N) is 5. The molecule has 2 aromatic rings. The Morgan fingerprint density at radius 1 is 1.21 bits per heavy atom. The van der Waals surface area contributed by atoms with Gasteiger partial charge in [-0.25, -0.2) is 13.1 Å². The number of aromatic nitrogens is 4. The fourth-order valence-electron chi connectivity index (χ4n) is 2.80. The van der Waals surface area contributed by atoms with Crippen LogP contribution in [0.4, 0.5) is 5.69 Å². The number of morpholine rings is 1. The van der Waals surface area contributed by atoms with Gasteiger partial charge < -0.3 is 10.1 Å². The Labute approximate surface area is 166 Å². The largest absolute Gasteiger partial charge is 0.379 e. The quantitative estimate of drug-likeness (QED) is 0.647. The zero-order chi connectivity index (χ0) is 19.6. The van der Waals surface area contributed by atoms with Gasteiger partial charge in [-0.3, -0.25) is 4.79 Å². The molecule has 1 aliphatic carbocycles. The maximum atomic E-state index is 12.6. The summed E-state index contributed by atoms with van der Waals surface area (Å²) in [4.78, 5) is 12.4. The topological polar surface area (TPSA) is 119 Å². The van der Waals surface area contributed by atoms with Gasteiger partial charge in [0.25, 0.3) is 0 Å². The Morgan fingerprint density at radius 2 is 1.93 bits per heavy atom. The maximum Gasteiger partial charge on any atom is 0.243 e. The number of carbonyl (C=O) groups excluding carboxylic acids is 1. The summed E-state index contributed by atoms with van der Waals surface area (Å²) < 4.78 is 33.6. The Hall–Kier alpha value is -2.02. The van der Waals surface area contributed by atoms with Crippen molar-refractivity contribution < 1.29 is 17.9 Å². The molecular formula is C16H20N6O4S2. The highest BCUT2D eigenvalue weighted by Gasteiger charge is 2.28. The molecule has 1 saturated heterocycles. The van der Waals surface area contributed by atoms with Gasteiger partial charge in [0.1, 0.15) is 0 Å². The number of tetrazole rings is 1. The molecule has 28 heavy (non-hydrogen) atoms. The van der Waals surface area contributed by atoms with Crippen LogP contribution in [0.15, 0.2) is 34.3 Å². The molecule has 0 unspecified atom stereocenters. The van der Waals surface area contributed by atoms with Crippen molar-refractivity contribution >= 4 is 33.4 Å². The predicted octanol–water partition coefficient (Wildman–Crippen LogP) is 0.760. The first kappa shape index (κ1) is 19.3. The molecule has 1 aromatic carbocycles. The molecule has 1 saturated carbocycles. The molecule has 0 radical (unpaired) electrons. The molecule has 4 rings (SSSR count). The van der Waals surface area contributed by atoms with Gasteiger partial charge in [0.2, 0.25) is 21.1 Å². The third-order valence-electron chi connectivity index (χ3n) is 4.43. The van der Waals surface area contributed by atoms with Crippen LogP contribution in [0.2, 0.25) is 0 Å². The lowest BCUT2D eigenvalue weighted by molar-refractivity contribution is -0.113. The number of benzene rings is 1. The molecular weight excluding hydrogens is 404 g/mol. The van der Waals surface area contributed by atoms with E-state index >= 15 is 0 Å². The van der Waals surface area contributed by atoms with Gasteiger partial charge in [-0.1, -0.05) is 11.8 Å². The fraction of sp³-hybridized carbons (Fsp3) is 0.500. The first-order valence-electron chi connectivity index (χ1n) is 8.92. The molecule has 0 bridgehead atoms. The van der Waals surface area contributed by atoms with Gasteiger partial charge in [-0.05, 0) is 47.5 Å². The molecule has 1 N–H and O–H groups in total. The van der Waals surface area contributed by atoms with Crippen LogP contribution in [-0.4, -0.2) is 70.9 Å². The summed E-state index contributed by atoms with van der Waals surface area (Å²) in [5.41, 5.74) is 0.535. The molecule has 1 amide bonds. The molecule has 2 fully saturated rings. The molecule has 12 heteroatoms. The highest BCUT2D eigenvalue weighted by molar-refractivity contribution is 7.99. The van der Waals surface area contributed by atoms with E-state index in [1.807, 2.05) is 0 Å². The molecule has 1 aromatic heterocycles. The summed E-state index contributed by atoms with van der Waals surface area (Å²) in [6.07, 6.45) is 2.12. The van der Waals surface area contributed by atoms with Crippen molar-refractivity contribution in [3.8, 4) is 0 Å². The molecule has 150 valence electrons. The van der Waals surface area contributed by atoms with Crippen molar-refractivity contribution in [3.63, 3.8) is 0 Å². The summed E-state index contributed by atoms with van der Waals surface area (Å²) in [6.45, 7) is 1.49. The lowest BCUT2D eigenvalue weighted by Gasteiger charge is -2.26. The van der Waals surface area contributed by atoms with Crippen molar-refractivity contribution in [1.29, 1.82) is 0 Å². The Balaban J connectivity index is 1.33. The van der Waals surface area contributed by atoms with E-state index in [9.17, 15) is 13.2 Å². The number of thioether (sulfide) groups is 1. The number of ether oxygens (including phenoxy) is 1. The Morgan fingerprint density at radius 3 is 2.61 bits per heavy atom. The SMILES string of the molecule is O=C(CSc1nnnn1C1CC1)Nc1ccc(S(=O)(=O)N2CCOCC2)cc1. The van der Waals surface area contributed by atoms with Crippen LogP contribution >= 0.6 is 11.8 Å². The van der Waals surface area contributed by atoms with E-state index < -0.39 is 10.0 Å². The first-order valence-corrected chi connectivity index (χ1v) is 11.3. The Bertz CT molecular complexity index is 936. The molecule has 0 atom stereocenters. The van der Waals surface area contributed by atoms with Gasteiger partial charge in [-0.15, -0.1) is 5.10 Å². The second kappa shape index (κ2) is 8.15.